The number of guanidine groups is 1. The van der Waals surface area contributed by atoms with Crippen molar-refractivity contribution in [3.63, 3.8) is 0 Å². The van der Waals surface area contributed by atoms with E-state index in [1.165, 1.54) is 0 Å². The molecule has 8 heteroatoms. The average Bonchev–Trinajstić information content (AvgIpc) is 3.18. The molecule has 0 spiro atoms. The monoisotopic (exact) mass is 405 g/mol. The summed E-state index contributed by atoms with van der Waals surface area (Å²) in [6, 6.07) is 5.38. The summed E-state index contributed by atoms with van der Waals surface area (Å²) in [5.74, 6) is 0.893. The Bertz CT molecular complexity index is 802. The van der Waals surface area contributed by atoms with E-state index in [4.69, 9.17) is 4.74 Å². The van der Waals surface area contributed by atoms with Gasteiger partial charge < -0.3 is 20.3 Å². The lowest BCUT2D eigenvalue weighted by atomic mass is 10.1. The number of anilines is 1. The van der Waals surface area contributed by atoms with Crippen LogP contribution in [0.2, 0.25) is 0 Å². The Balaban J connectivity index is 1.52. The van der Waals surface area contributed by atoms with E-state index < -0.39 is 0 Å². The minimum absolute atomic E-state index is 0.201. The van der Waals surface area contributed by atoms with E-state index in [1.54, 1.807) is 24.5 Å². The van der Waals surface area contributed by atoms with Crippen LogP contribution in [0, 0.1) is 5.82 Å². The summed E-state index contributed by atoms with van der Waals surface area (Å²) in [6.07, 6.45) is 0. The summed E-state index contributed by atoms with van der Waals surface area (Å²) < 4.78 is 19.8. The predicted molar refractivity (Wildman–Crippen MR) is 113 cm³/mol. The molecule has 152 valence electrons. The number of aromatic nitrogens is 1. The van der Waals surface area contributed by atoms with Gasteiger partial charge in [0, 0.05) is 32.1 Å². The summed E-state index contributed by atoms with van der Waals surface area (Å²) in [4.78, 5) is 10.9. The molecule has 0 aliphatic carbocycles. The maximum absolute atomic E-state index is 14.5. The summed E-state index contributed by atoms with van der Waals surface area (Å²) in [7, 11) is 1.72. The van der Waals surface area contributed by atoms with Gasteiger partial charge in [0.1, 0.15) is 10.8 Å². The van der Waals surface area contributed by atoms with Crippen LogP contribution in [0.3, 0.4) is 0 Å². The summed E-state index contributed by atoms with van der Waals surface area (Å²) >= 11 is 1.64. The highest BCUT2D eigenvalue weighted by Gasteiger charge is 2.15. The molecule has 1 fully saturated rings. The number of rotatable bonds is 6. The molecular formula is C20H28FN5OS. The molecule has 6 nitrogen and oxygen atoms in total. The minimum atomic E-state index is -0.201. The van der Waals surface area contributed by atoms with Crippen molar-refractivity contribution in [2.45, 2.75) is 32.9 Å². The molecule has 0 unspecified atom stereocenters. The molecule has 0 amide bonds. The lowest BCUT2D eigenvalue weighted by Crippen LogP contribution is -2.37. The smallest absolute Gasteiger partial charge is 0.191 e. The zero-order valence-electron chi connectivity index (χ0n) is 16.7. The number of benzene rings is 1. The van der Waals surface area contributed by atoms with Crippen LogP contribution >= 0.6 is 11.3 Å². The van der Waals surface area contributed by atoms with Crippen molar-refractivity contribution in [3.05, 3.63) is 45.7 Å². The van der Waals surface area contributed by atoms with Gasteiger partial charge in [0.2, 0.25) is 0 Å². The van der Waals surface area contributed by atoms with Crippen molar-refractivity contribution in [2.75, 3.05) is 38.3 Å². The summed E-state index contributed by atoms with van der Waals surface area (Å²) in [5, 5.41) is 9.60. The first-order chi connectivity index (χ1) is 13.6. The topological polar surface area (TPSA) is 61.8 Å². The quantitative estimate of drug-likeness (QED) is 0.571. The van der Waals surface area contributed by atoms with Crippen LogP contribution in [-0.4, -0.2) is 44.3 Å². The number of thiazole rings is 1. The number of hydrogen-bond acceptors (Lipinski definition) is 5. The maximum atomic E-state index is 14.5. The number of morpholine rings is 1. The second-order valence-corrected chi connectivity index (χ2v) is 7.93. The second kappa shape index (κ2) is 9.84. The Morgan fingerprint density at radius 3 is 2.68 bits per heavy atom. The average molecular weight is 406 g/mol. The fourth-order valence-corrected chi connectivity index (χ4v) is 3.85. The van der Waals surface area contributed by atoms with Gasteiger partial charge in [-0.05, 0) is 23.6 Å². The predicted octanol–water partition coefficient (Wildman–Crippen LogP) is 3.11. The van der Waals surface area contributed by atoms with E-state index in [2.05, 4.69) is 39.8 Å². The molecule has 2 heterocycles. The molecule has 1 saturated heterocycles. The van der Waals surface area contributed by atoms with Gasteiger partial charge in [-0.25, -0.2) is 9.37 Å². The van der Waals surface area contributed by atoms with E-state index >= 15 is 0 Å². The van der Waals surface area contributed by atoms with Crippen LogP contribution in [0.15, 0.2) is 28.6 Å². The fourth-order valence-electron chi connectivity index (χ4n) is 2.96. The highest BCUT2D eigenvalue weighted by atomic mass is 32.1. The SMILES string of the molecule is CN=C(NCc1ccc(N2CCOCC2)c(F)c1)NCc1nc(C(C)C)cs1. The Hall–Kier alpha value is -2.19. The van der Waals surface area contributed by atoms with Crippen molar-refractivity contribution in [3.8, 4) is 0 Å². The standard InChI is InChI=1S/C20H28FN5OS/c1-14(2)17-13-28-19(25-17)12-24-20(22-3)23-11-15-4-5-18(16(21)10-15)26-6-8-27-9-7-26/h4-5,10,13-14H,6-9,11-12H2,1-3H3,(H2,22,23,24). The lowest BCUT2D eigenvalue weighted by molar-refractivity contribution is 0.122. The minimum Gasteiger partial charge on any atom is -0.378 e. The van der Waals surface area contributed by atoms with Gasteiger partial charge in [-0.1, -0.05) is 19.9 Å². The summed E-state index contributed by atoms with van der Waals surface area (Å²) in [6.45, 7) is 8.11. The van der Waals surface area contributed by atoms with Crippen LogP contribution in [0.4, 0.5) is 10.1 Å². The van der Waals surface area contributed by atoms with Crippen LogP contribution in [0.1, 0.15) is 36.0 Å². The van der Waals surface area contributed by atoms with Crippen molar-refractivity contribution in [1.29, 1.82) is 0 Å². The number of nitrogens with zero attached hydrogens (tertiary/aromatic N) is 3. The highest BCUT2D eigenvalue weighted by molar-refractivity contribution is 7.09. The first kappa shape index (κ1) is 20.5. The first-order valence-electron chi connectivity index (χ1n) is 9.56. The van der Waals surface area contributed by atoms with E-state index in [-0.39, 0.29) is 5.82 Å². The van der Waals surface area contributed by atoms with Gasteiger partial charge >= 0.3 is 0 Å². The molecule has 1 aliphatic rings. The normalized spacial score (nSPS) is 15.2. The molecule has 0 bridgehead atoms. The Morgan fingerprint density at radius 1 is 1.29 bits per heavy atom. The molecule has 0 radical (unpaired) electrons. The van der Waals surface area contributed by atoms with Crippen LogP contribution in [-0.2, 0) is 17.8 Å². The molecule has 2 aromatic rings. The summed E-state index contributed by atoms with van der Waals surface area (Å²) in [5.41, 5.74) is 2.62. The number of aliphatic imine (C=N–C) groups is 1. The van der Waals surface area contributed by atoms with Crippen LogP contribution in [0.25, 0.3) is 0 Å². The van der Waals surface area contributed by atoms with Gasteiger partial charge in [0.05, 0.1) is 31.1 Å². The van der Waals surface area contributed by atoms with Crippen molar-refractivity contribution in [1.82, 2.24) is 15.6 Å². The molecule has 28 heavy (non-hydrogen) atoms. The van der Waals surface area contributed by atoms with E-state index in [9.17, 15) is 4.39 Å². The van der Waals surface area contributed by atoms with Crippen LogP contribution < -0.4 is 15.5 Å². The number of nitrogens with one attached hydrogen (secondary N) is 2. The largest absolute Gasteiger partial charge is 0.378 e. The van der Waals surface area contributed by atoms with Crippen molar-refractivity contribution in [2.24, 2.45) is 4.99 Å². The van der Waals surface area contributed by atoms with Gasteiger partial charge in [0.15, 0.2) is 5.96 Å². The molecule has 1 aromatic heterocycles. The third-order valence-corrected chi connectivity index (χ3v) is 5.48. The third kappa shape index (κ3) is 5.42. The fraction of sp³-hybridized carbons (Fsp3) is 0.500. The molecule has 0 atom stereocenters. The number of hydrogen-bond donors (Lipinski definition) is 2. The molecule has 1 aliphatic heterocycles. The zero-order valence-corrected chi connectivity index (χ0v) is 17.5. The highest BCUT2D eigenvalue weighted by Crippen LogP contribution is 2.21. The maximum Gasteiger partial charge on any atom is 0.191 e. The van der Waals surface area contributed by atoms with Gasteiger partial charge in [-0.3, -0.25) is 4.99 Å². The number of ether oxygens (including phenoxy) is 1. The Labute approximate surface area is 169 Å². The van der Waals surface area contributed by atoms with Gasteiger partial charge in [-0.2, -0.15) is 0 Å². The first-order valence-corrected chi connectivity index (χ1v) is 10.4. The Morgan fingerprint density at radius 2 is 2.04 bits per heavy atom. The van der Waals surface area contributed by atoms with Gasteiger partial charge in [-0.15, -0.1) is 11.3 Å². The van der Waals surface area contributed by atoms with E-state index in [0.29, 0.717) is 43.9 Å². The zero-order chi connectivity index (χ0) is 19.9. The molecule has 0 saturated carbocycles. The van der Waals surface area contributed by atoms with Crippen LogP contribution in [0.5, 0.6) is 0 Å². The van der Waals surface area contributed by atoms with Crippen molar-refractivity contribution < 1.29 is 9.13 Å². The second-order valence-electron chi connectivity index (χ2n) is 6.99. The van der Waals surface area contributed by atoms with Gasteiger partial charge in [0.25, 0.3) is 0 Å². The molecular weight excluding hydrogens is 377 g/mol. The Kier molecular flexibility index (Phi) is 7.22. The molecule has 1 aromatic carbocycles. The molecule has 3 rings (SSSR count). The van der Waals surface area contributed by atoms with Crippen molar-refractivity contribution >= 4 is 23.0 Å². The lowest BCUT2D eigenvalue weighted by Gasteiger charge is -2.29. The van der Waals surface area contributed by atoms with E-state index in [1.807, 2.05) is 17.0 Å². The molecule has 2 N–H and O–H groups in total. The van der Waals surface area contributed by atoms with E-state index in [0.717, 1.165) is 29.4 Å². The third-order valence-electron chi connectivity index (χ3n) is 4.62. The number of halogens is 1.